The van der Waals surface area contributed by atoms with E-state index in [0.29, 0.717) is 33.8 Å². The second-order valence-electron chi connectivity index (χ2n) is 7.29. The largest absolute Gasteiger partial charge is 0.507 e. The van der Waals surface area contributed by atoms with Crippen molar-refractivity contribution in [2.24, 2.45) is 0 Å². The molecule has 3 aromatic rings. The Kier molecular flexibility index (Phi) is 6.59. The predicted octanol–water partition coefficient (Wildman–Crippen LogP) is 4.06. The van der Waals surface area contributed by atoms with E-state index in [1.807, 2.05) is 13.8 Å². The third-order valence-corrected chi connectivity index (χ3v) is 5.47. The summed E-state index contributed by atoms with van der Waals surface area (Å²) in [5, 5.41) is 15.0. The maximum absolute atomic E-state index is 12.5. The summed E-state index contributed by atoms with van der Waals surface area (Å²) in [6, 6.07) is 7.04. The molecule has 1 fully saturated rings. The van der Waals surface area contributed by atoms with Crippen LogP contribution in [0.25, 0.3) is 16.9 Å². The number of phenolic OH excluding ortho intramolecular Hbond substituents is 1. The molecule has 0 aliphatic carbocycles. The molecular weight excluding hydrogens is 390 g/mol. The van der Waals surface area contributed by atoms with Gasteiger partial charge in [0.1, 0.15) is 5.75 Å². The Balaban J connectivity index is 0.00000117. The fourth-order valence-corrected chi connectivity index (χ4v) is 3.81. The van der Waals surface area contributed by atoms with E-state index in [1.54, 1.807) is 18.2 Å². The van der Waals surface area contributed by atoms with Gasteiger partial charge < -0.3 is 15.0 Å². The van der Waals surface area contributed by atoms with Crippen LogP contribution in [0.15, 0.2) is 29.1 Å². The minimum absolute atomic E-state index is 0.00305. The minimum atomic E-state index is -0.379. The lowest BCUT2D eigenvalue weighted by Gasteiger charge is -2.33. The number of aromatic amines is 1. The molecule has 2 aromatic heterocycles. The van der Waals surface area contributed by atoms with Gasteiger partial charge in [-0.2, -0.15) is 4.52 Å². The Morgan fingerprint density at radius 2 is 1.90 bits per heavy atom. The number of H-pyrrole nitrogens is 1. The monoisotopic (exact) mass is 417 g/mol. The van der Waals surface area contributed by atoms with Crippen molar-refractivity contribution in [1.82, 2.24) is 24.5 Å². The number of hydrogen-bond donors (Lipinski definition) is 2. The number of piperidine rings is 1. The van der Waals surface area contributed by atoms with Gasteiger partial charge in [0.2, 0.25) is 0 Å². The lowest BCUT2D eigenvalue weighted by atomic mass is 9.95. The van der Waals surface area contributed by atoms with Gasteiger partial charge in [-0.25, -0.2) is 9.78 Å². The summed E-state index contributed by atoms with van der Waals surface area (Å²) in [6.07, 6.45) is 1.97. The fraction of sp³-hybridized carbons (Fsp3) is 0.476. The zero-order valence-electron chi connectivity index (χ0n) is 17.3. The summed E-state index contributed by atoms with van der Waals surface area (Å²) >= 11 is 5.89. The zero-order chi connectivity index (χ0) is 21.1. The number of fused-ring (bicyclic) bond motifs is 1. The first-order chi connectivity index (χ1) is 13.9. The van der Waals surface area contributed by atoms with Crippen LogP contribution in [0, 0.1) is 0 Å². The average Bonchev–Trinajstić information content (AvgIpc) is 3.14. The molecule has 0 spiro atoms. The van der Waals surface area contributed by atoms with Crippen LogP contribution in [-0.4, -0.2) is 48.7 Å². The number of nitrogens with one attached hydrogen (secondary N) is 1. The lowest BCUT2D eigenvalue weighted by Crippen LogP contribution is -2.38. The van der Waals surface area contributed by atoms with E-state index in [0.717, 1.165) is 25.9 Å². The van der Waals surface area contributed by atoms with Crippen molar-refractivity contribution in [2.75, 3.05) is 13.1 Å². The number of benzene rings is 1. The standard InChI is InChI=1S/C19H22ClN5O2.C2H6/c1-11(2)24-7-5-12(6-8-24)18-22-17-10-15(21-19(27)25(17)23-18)14-4-3-13(20)9-16(14)26;1-2/h3-4,9-12,26H,5-8H2,1-2H3,(H,21,27);1-2H3. The van der Waals surface area contributed by atoms with Crippen LogP contribution in [0.1, 0.15) is 52.3 Å². The molecule has 8 heteroatoms. The topological polar surface area (TPSA) is 86.5 Å². The number of aromatic nitrogens is 4. The molecule has 0 saturated carbocycles. The molecule has 1 aromatic carbocycles. The number of nitrogens with zero attached hydrogens (tertiary/aromatic N) is 4. The van der Waals surface area contributed by atoms with E-state index >= 15 is 0 Å². The Morgan fingerprint density at radius 1 is 1.21 bits per heavy atom. The van der Waals surface area contributed by atoms with Crippen molar-refractivity contribution in [3.63, 3.8) is 0 Å². The van der Waals surface area contributed by atoms with Gasteiger partial charge in [-0.3, -0.25) is 0 Å². The number of hydrogen-bond acceptors (Lipinski definition) is 5. The van der Waals surface area contributed by atoms with Crippen molar-refractivity contribution in [3.8, 4) is 17.0 Å². The van der Waals surface area contributed by atoms with Crippen molar-refractivity contribution in [1.29, 1.82) is 0 Å². The SMILES string of the molecule is CC.CC(C)N1CCC(c2nc3cc(-c4ccc(Cl)cc4O)[nH]c(=O)n3n2)CC1. The van der Waals surface area contributed by atoms with Crippen LogP contribution in [0.3, 0.4) is 0 Å². The molecule has 2 N–H and O–H groups in total. The molecule has 1 saturated heterocycles. The zero-order valence-corrected chi connectivity index (χ0v) is 18.1. The summed E-state index contributed by atoms with van der Waals surface area (Å²) < 4.78 is 1.29. The molecule has 1 aliphatic heterocycles. The van der Waals surface area contributed by atoms with Gasteiger partial charge in [-0.15, -0.1) is 5.10 Å². The first kappa shape index (κ1) is 21.3. The first-order valence-corrected chi connectivity index (χ1v) is 10.5. The van der Waals surface area contributed by atoms with Crippen molar-refractivity contribution >= 4 is 17.2 Å². The highest BCUT2D eigenvalue weighted by molar-refractivity contribution is 6.30. The number of phenols is 1. The van der Waals surface area contributed by atoms with E-state index < -0.39 is 0 Å². The van der Waals surface area contributed by atoms with Crippen molar-refractivity contribution < 1.29 is 5.11 Å². The molecule has 7 nitrogen and oxygen atoms in total. The summed E-state index contributed by atoms with van der Waals surface area (Å²) in [4.78, 5) is 22.3. The molecule has 29 heavy (non-hydrogen) atoms. The molecular formula is C21H28ClN5O2. The van der Waals surface area contributed by atoms with Gasteiger partial charge in [0.15, 0.2) is 11.5 Å². The van der Waals surface area contributed by atoms with Crippen LogP contribution in [-0.2, 0) is 0 Å². The Morgan fingerprint density at radius 3 is 2.52 bits per heavy atom. The van der Waals surface area contributed by atoms with E-state index in [2.05, 4.69) is 33.8 Å². The van der Waals surface area contributed by atoms with Crippen LogP contribution in [0.5, 0.6) is 5.75 Å². The van der Waals surface area contributed by atoms with E-state index in [-0.39, 0.29) is 17.4 Å². The second-order valence-corrected chi connectivity index (χ2v) is 7.73. The van der Waals surface area contributed by atoms with Gasteiger partial charge in [-0.1, -0.05) is 25.4 Å². The molecule has 4 rings (SSSR count). The predicted molar refractivity (Wildman–Crippen MR) is 116 cm³/mol. The maximum atomic E-state index is 12.5. The highest BCUT2D eigenvalue weighted by atomic mass is 35.5. The molecule has 156 valence electrons. The van der Waals surface area contributed by atoms with E-state index in [9.17, 15) is 9.90 Å². The third kappa shape index (κ3) is 4.46. The molecule has 1 aliphatic rings. The van der Waals surface area contributed by atoms with E-state index in [4.69, 9.17) is 11.6 Å². The van der Waals surface area contributed by atoms with Crippen molar-refractivity contribution in [2.45, 2.75) is 52.5 Å². The molecule has 0 atom stereocenters. The normalized spacial score (nSPS) is 15.5. The maximum Gasteiger partial charge on any atom is 0.348 e. The van der Waals surface area contributed by atoms with Crippen LogP contribution in [0.2, 0.25) is 5.02 Å². The Labute approximate surface area is 175 Å². The second kappa shape index (κ2) is 8.97. The van der Waals surface area contributed by atoms with Crippen LogP contribution < -0.4 is 5.69 Å². The lowest BCUT2D eigenvalue weighted by molar-refractivity contribution is 0.169. The van der Waals surface area contributed by atoms with Crippen molar-refractivity contribution in [3.05, 3.63) is 45.6 Å². The van der Waals surface area contributed by atoms with Gasteiger partial charge in [0.05, 0.1) is 5.69 Å². The summed E-state index contributed by atoms with van der Waals surface area (Å²) in [6.45, 7) is 10.4. The van der Waals surface area contributed by atoms with Crippen LogP contribution in [0.4, 0.5) is 0 Å². The summed E-state index contributed by atoms with van der Waals surface area (Å²) in [7, 11) is 0. The molecule has 3 heterocycles. The molecule has 0 amide bonds. The summed E-state index contributed by atoms with van der Waals surface area (Å²) in [5.41, 5.74) is 1.07. The molecule has 0 radical (unpaired) electrons. The number of likely N-dealkylation sites (tertiary alicyclic amines) is 1. The Bertz CT molecular complexity index is 1040. The minimum Gasteiger partial charge on any atom is -0.507 e. The number of aromatic hydroxyl groups is 1. The highest BCUT2D eigenvalue weighted by Crippen LogP contribution is 2.31. The van der Waals surface area contributed by atoms with E-state index in [1.165, 1.54) is 10.6 Å². The number of rotatable bonds is 3. The third-order valence-electron chi connectivity index (χ3n) is 5.23. The highest BCUT2D eigenvalue weighted by Gasteiger charge is 2.25. The van der Waals surface area contributed by atoms with Gasteiger partial charge in [-0.05, 0) is 58.0 Å². The van der Waals surface area contributed by atoms with Gasteiger partial charge >= 0.3 is 5.69 Å². The van der Waals surface area contributed by atoms with Gasteiger partial charge in [0, 0.05) is 28.6 Å². The van der Waals surface area contributed by atoms with Crippen LogP contribution >= 0.6 is 11.6 Å². The Hall–Kier alpha value is -2.38. The fourth-order valence-electron chi connectivity index (χ4n) is 3.64. The van der Waals surface area contributed by atoms with Gasteiger partial charge in [0.25, 0.3) is 0 Å². The quantitative estimate of drug-likeness (QED) is 0.671. The number of halogens is 1. The summed E-state index contributed by atoms with van der Waals surface area (Å²) in [5.74, 6) is 0.969. The molecule has 0 unspecified atom stereocenters. The first-order valence-electron chi connectivity index (χ1n) is 10.2. The average molecular weight is 418 g/mol. The molecule has 0 bridgehead atoms. The smallest absolute Gasteiger partial charge is 0.348 e.